The predicted molar refractivity (Wildman–Crippen MR) is 116 cm³/mol. The number of benzene rings is 1. The third-order valence-electron chi connectivity index (χ3n) is 7.40. The van der Waals surface area contributed by atoms with Crippen molar-refractivity contribution in [2.75, 3.05) is 6.61 Å². The van der Waals surface area contributed by atoms with E-state index in [-0.39, 0.29) is 17.8 Å². The van der Waals surface area contributed by atoms with Crippen LogP contribution in [0.4, 0.5) is 8.78 Å². The SMILES string of the molecule is CCCC1=CCC(C2CCC(c3cc4c(c(F)c3F)OC(CCC)CC4)CC2)CO1. The zero-order valence-electron chi connectivity index (χ0n) is 18.5. The largest absolute Gasteiger partial charge is 0.498 e. The Labute approximate surface area is 180 Å². The lowest BCUT2D eigenvalue weighted by molar-refractivity contribution is 0.0891. The highest BCUT2D eigenvalue weighted by atomic mass is 19.2. The molecule has 2 unspecified atom stereocenters. The van der Waals surface area contributed by atoms with Crippen LogP contribution in [0.3, 0.4) is 0 Å². The molecule has 166 valence electrons. The monoisotopic (exact) mass is 418 g/mol. The molecule has 1 aliphatic carbocycles. The zero-order valence-corrected chi connectivity index (χ0v) is 18.5. The van der Waals surface area contributed by atoms with E-state index >= 15 is 0 Å². The Hall–Kier alpha value is -1.58. The summed E-state index contributed by atoms with van der Waals surface area (Å²) in [5.74, 6) is 1.19. The van der Waals surface area contributed by atoms with Crippen LogP contribution in [0.1, 0.15) is 95.1 Å². The van der Waals surface area contributed by atoms with Crippen molar-refractivity contribution in [2.24, 2.45) is 11.8 Å². The quantitative estimate of drug-likeness (QED) is 0.477. The fourth-order valence-electron chi connectivity index (χ4n) is 5.64. The van der Waals surface area contributed by atoms with Gasteiger partial charge in [0.15, 0.2) is 11.6 Å². The molecule has 0 spiro atoms. The number of hydrogen-bond donors (Lipinski definition) is 0. The molecular weight excluding hydrogens is 382 g/mol. The number of aryl methyl sites for hydroxylation is 1. The maximum absolute atomic E-state index is 15.0. The molecule has 0 saturated heterocycles. The highest BCUT2D eigenvalue weighted by Gasteiger charge is 2.33. The second-order valence-electron chi connectivity index (χ2n) is 9.49. The van der Waals surface area contributed by atoms with E-state index in [0.29, 0.717) is 17.4 Å². The van der Waals surface area contributed by atoms with Crippen LogP contribution in [0.2, 0.25) is 0 Å². The van der Waals surface area contributed by atoms with Crippen molar-refractivity contribution in [2.45, 2.75) is 96.5 Å². The Balaban J connectivity index is 1.40. The topological polar surface area (TPSA) is 18.5 Å². The molecule has 4 heteroatoms. The average molecular weight is 419 g/mol. The lowest BCUT2D eigenvalue weighted by atomic mass is 9.72. The van der Waals surface area contributed by atoms with E-state index in [9.17, 15) is 8.78 Å². The second-order valence-corrected chi connectivity index (χ2v) is 9.49. The third-order valence-corrected chi connectivity index (χ3v) is 7.40. The standard InChI is InChI=1S/C26H36F2O2/c1-3-5-21-13-12-20(16-29-21)17-7-9-18(10-8-17)23-15-19-11-14-22(6-4-2)30-26(19)25(28)24(23)27/h13,15,17-18,20,22H,3-12,14,16H2,1-2H3. The van der Waals surface area contributed by atoms with E-state index in [4.69, 9.17) is 9.47 Å². The van der Waals surface area contributed by atoms with Crippen molar-refractivity contribution in [1.29, 1.82) is 0 Å². The number of hydrogen-bond acceptors (Lipinski definition) is 2. The van der Waals surface area contributed by atoms with Gasteiger partial charge in [-0.3, -0.25) is 0 Å². The summed E-state index contributed by atoms with van der Waals surface area (Å²) in [5.41, 5.74) is 1.43. The van der Waals surface area contributed by atoms with E-state index in [1.807, 2.05) is 6.07 Å². The number of allylic oxidation sites excluding steroid dienone is 2. The van der Waals surface area contributed by atoms with Crippen LogP contribution in [0.15, 0.2) is 17.9 Å². The first-order valence-electron chi connectivity index (χ1n) is 12.1. The van der Waals surface area contributed by atoms with Gasteiger partial charge in [-0.1, -0.05) is 20.3 Å². The van der Waals surface area contributed by atoms with Crippen molar-refractivity contribution in [3.8, 4) is 5.75 Å². The minimum Gasteiger partial charge on any atom is -0.498 e. The summed E-state index contributed by atoms with van der Waals surface area (Å²) in [7, 11) is 0. The van der Waals surface area contributed by atoms with Crippen LogP contribution in [-0.4, -0.2) is 12.7 Å². The van der Waals surface area contributed by atoms with E-state index in [1.54, 1.807) is 0 Å². The summed E-state index contributed by atoms with van der Waals surface area (Å²) < 4.78 is 41.6. The molecule has 2 heterocycles. The van der Waals surface area contributed by atoms with Gasteiger partial charge in [-0.2, -0.15) is 4.39 Å². The van der Waals surface area contributed by atoms with Crippen molar-refractivity contribution in [3.05, 3.63) is 40.7 Å². The highest BCUT2D eigenvalue weighted by Crippen LogP contribution is 2.44. The Kier molecular flexibility index (Phi) is 7.00. The van der Waals surface area contributed by atoms with Crippen LogP contribution in [-0.2, 0) is 11.2 Å². The molecule has 4 rings (SSSR count). The van der Waals surface area contributed by atoms with Crippen LogP contribution in [0.25, 0.3) is 0 Å². The Morgan fingerprint density at radius 2 is 1.77 bits per heavy atom. The fraction of sp³-hybridized carbons (Fsp3) is 0.692. The Morgan fingerprint density at radius 1 is 0.967 bits per heavy atom. The first-order valence-corrected chi connectivity index (χ1v) is 12.1. The first kappa shape index (κ1) is 21.6. The minimum atomic E-state index is -0.764. The lowest BCUT2D eigenvalue weighted by Crippen LogP contribution is -2.27. The second kappa shape index (κ2) is 9.70. The molecule has 1 saturated carbocycles. The van der Waals surface area contributed by atoms with Crippen LogP contribution < -0.4 is 4.74 Å². The Morgan fingerprint density at radius 3 is 2.43 bits per heavy atom. The maximum Gasteiger partial charge on any atom is 0.201 e. The van der Waals surface area contributed by atoms with Gasteiger partial charge in [0.1, 0.15) is 0 Å². The summed E-state index contributed by atoms with van der Waals surface area (Å²) >= 11 is 0. The maximum atomic E-state index is 15.0. The van der Waals surface area contributed by atoms with E-state index in [2.05, 4.69) is 19.9 Å². The molecule has 0 amide bonds. The Bertz CT molecular complexity index is 765. The predicted octanol–water partition coefficient (Wildman–Crippen LogP) is 7.45. The molecule has 0 N–H and O–H groups in total. The van der Waals surface area contributed by atoms with Crippen molar-refractivity contribution in [1.82, 2.24) is 0 Å². The van der Waals surface area contributed by atoms with E-state index in [1.165, 1.54) is 0 Å². The van der Waals surface area contributed by atoms with Gasteiger partial charge < -0.3 is 9.47 Å². The third kappa shape index (κ3) is 4.53. The van der Waals surface area contributed by atoms with Crippen molar-refractivity contribution >= 4 is 0 Å². The fourth-order valence-corrected chi connectivity index (χ4v) is 5.64. The summed E-state index contributed by atoms with van der Waals surface area (Å²) in [6.07, 6.45) is 13.1. The van der Waals surface area contributed by atoms with Gasteiger partial charge in [-0.05, 0) is 98.8 Å². The van der Waals surface area contributed by atoms with Gasteiger partial charge in [-0.15, -0.1) is 0 Å². The van der Waals surface area contributed by atoms with Crippen LogP contribution >= 0.6 is 0 Å². The molecule has 2 atom stereocenters. The molecule has 1 aromatic rings. The lowest BCUT2D eigenvalue weighted by Gasteiger charge is -2.36. The minimum absolute atomic E-state index is 0.0160. The molecular formula is C26H36F2O2. The van der Waals surface area contributed by atoms with Gasteiger partial charge >= 0.3 is 0 Å². The molecule has 1 fully saturated rings. The van der Waals surface area contributed by atoms with Crippen molar-refractivity contribution in [3.63, 3.8) is 0 Å². The van der Waals surface area contributed by atoms with Crippen molar-refractivity contribution < 1.29 is 18.3 Å². The van der Waals surface area contributed by atoms with Gasteiger partial charge in [0.05, 0.1) is 18.5 Å². The van der Waals surface area contributed by atoms with Crippen LogP contribution in [0, 0.1) is 23.5 Å². The normalized spacial score (nSPS) is 28.9. The summed E-state index contributed by atoms with van der Waals surface area (Å²) in [4.78, 5) is 0. The average Bonchev–Trinajstić information content (AvgIpc) is 2.78. The van der Waals surface area contributed by atoms with Gasteiger partial charge in [0, 0.05) is 6.42 Å². The zero-order chi connectivity index (χ0) is 21.1. The number of ether oxygens (including phenoxy) is 2. The van der Waals surface area contributed by atoms with Gasteiger partial charge in [0.25, 0.3) is 0 Å². The summed E-state index contributed by atoms with van der Waals surface area (Å²) in [5, 5.41) is 0. The van der Waals surface area contributed by atoms with Gasteiger partial charge in [0.2, 0.25) is 5.82 Å². The number of fused-ring (bicyclic) bond motifs is 1. The van der Waals surface area contributed by atoms with Gasteiger partial charge in [-0.25, -0.2) is 4.39 Å². The summed E-state index contributed by atoms with van der Waals surface area (Å²) in [6.45, 7) is 5.09. The number of halogens is 2. The highest BCUT2D eigenvalue weighted by molar-refractivity contribution is 5.42. The molecule has 0 bridgehead atoms. The number of rotatable bonds is 6. The summed E-state index contributed by atoms with van der Waals surface area (Å²) in [6, 6.07) is 1.91. The van der Waals surface area contributed by atoms with E-state index < -0.39 is 11.6 Å². The molecule has 30 heavy (non-hydrogen) atoms. The van der Waals surface area contributed by atoms with Crippen LogP contribution in [0.5, 0.6) is 5.75 Å². The van der Waals surface area contributed by atoms with E-state index in [0.717, 1.165) is 88.6 Å². The molecule has 1 aromatic carbocycles. The molecule has 0 radical (unpaired) electrons. The molecule has 3 aliphatic rings. The molecule has 0 aromatic heterocycles. The molecule has 2 nitrogen and oxygen atoms in total. The first-order chi connectivity index (χ1) is 14.6. The molecule has 2 aliphatic heterocycles. The smallest absolute Gasteiger partial charge is 0.201 e.